The quantitative estimate of drug-likeness (QED) is 0.923. The molecule has 0 atom stereocenters. The molecule has 0 radical (unpaired) electrons. The van der Waals surface area contributed by atoms with E-state index in [4.69, 9.17) is 4.42 Å². The molecule has 0 bridgehead atoms. The van der Waals surface area contributed by atoms with Crippen molar-refractivity contribution in [3.8, 4) is 0 Å². The molecule has 1 N–H and O–H groups in total. The van der Waals surface area contributed by atoms with Crippen molar-refractivity contribution < 1.29 is 14.0 Å². The molecular weight excluding hydrogens is 294 g/mol. The predicted molar refractivity (Wildman–Crippen MR) is 84.0 cm³/mol. The maximum absolute atomic E-state index is 12.5. The Labute approximate surface area is 135 Å². The summed E-state index contributed by atoms with van der Waals surface area (Å²) >= 11 is 0. The minimum absolute atomic E-state index is 0.0406. The lowest BCUT2D eigenvalue weighted by Gasteiger charge is -2.35. The molecule has 6 nitrogen and oxygen atoms in total. The standard InChI is InChI=1S/C17H23N3O3/c21-16(14-2-1-11-23-14)19-7-9-20(10-8-19)17(22)18-15(12-3-4-12)13-5-6-13/h1-2,11-13,15H,3-10H2,(H,18,22). The Bertz CT molecular complexity index is 558. The number of hydrogen-bond acceptors (Lipinski definition) is 3. The Morgan fingerprint density at radius 3 is 2.17 bits per heavy atom. The fraction of sp³-hybridized carbons (Fsp3) is 0.647. The minimum Gasteiger partial charge on any atom is -0.459 e. The number of carbonyl (C=O) groups excluding carboxylic acids is 2. The highest BCUT2D eigenvalue weighted by atomic mass is 16.3. The van der Waals surface area contributed by atoms with Crippen LogP contribution in [0.1, 0.15) is 36.2 Å². The van der Waals surface area contributed by atoms with Gasteiger partial charge in [0.1, 0.15) is 0 Å². The molecule has 2 heterocycles. The van der Waals surface area contributed by atoms with Gasteiger partial charge in [0.2, 0.25) is 0 Å². The van der Waals surface area contributed by atoms with Gasteiger partial charge in [-0.05, 0) is 49.7 Å². The number of nitrogens with zero attached hydrogens (tertiary/aromatic N) is 2. The van der Waals surface area contributed by atoms with E-state index >= 15 is 0 Å². The lowest BCUT2D eigenvalue weighted by atomic mass is 10.1. The summed E-state index contributed by atoms with van der Waals surface area (Å²) in [7, 11) is 0. The highest BCUT2D eigenvalue weighted by molar-refractivity contribution is 5.91. The Morgan fingerprint density at radius 1 is 1.04 bits per heavy atom. The van der Waals surface area contributed by atoms with Crippen molar-refractivity contribution in [3.05, 3.63) is 24.2 Å². The van der Waals surface area contributed by atoms with Crippen molar-refractivity contribution in [2.24, 2.45) is 11.8 Å². The zero-order valence-electron chi connectivity index (χ0n) is 13.2. The first-order valence-electron chi connectivity index (χ1n) is 8.60. The number of carbonyl (C=O) groups is 2. The Balaban J connectivity index is 1.29. The topological polar surface area (TPSA) is 65.8 Å². The van der Waals surface area contributed by atoms with Gasteiger partial charge in [-0.25, -0.2) is 4.79 Å². The molecule has 3 amide bonds. The summed E-state index contributed by atoms with van der Waals surface area (Å²) in [5.41, 5.74) is 0. The van der Waals surface area contributed by atoms with Crippen LogP contribution in [0, 0.1) is 11.8 Å². The van der Waals surface area contributed by atoms with Gasteiger partial charge in [0.05, 0.1) is 6.26 Å². The molecule has 0 unspecified atom stereocenters. The van der Waals surface area contributed by atoms with Crippen LogP contribution in [0.4, 0.5) is 4.79 Å². The summed E-state index contributed by atoms with van der Waals surface area (Å²) in [6.07, 6.45) is 6.53. The van der Waals surface area contributed by atoms with Crippen molar-refractivity contribution in [2.75, 3.05) is 26.2 Å². The van der Waals surface area contributed by atoms with E-state index in [0.717, 1.165) is 0 Å². The average molecular weight is 317 g/mol. The number of amides is 3. The first kappa shape index (κ1) is 14.6. The molecule has 0 spiro atoms. The largest absolute Gasteiger partial charge is 0.459 e. The summed E-state index contributed by atoms with van der Waals surface area (Å²) in [6, 6.07) is 3.81. The fourth-order valence-corrected chi connectivity index (χ4v) is 3.43. The van der Waals surface area contributed by atoms with Crippen LogP contribution in [-0.4, -0.2) is 54.0 Å². The van der Waals surface area contributed by atoms with Crippen LogP contribution in [0.25, 0.3) is 0 Å². The van der Waals surface area contributed by atoms with E-state index in [1.54, 1.807) is 17.0 Å². The van der Waals surface area contributed by atoms with Crippen LogP contribution < -0.4 is 5.32 Å². The minimum atomic E-state index is -0.0936. The third kappa shape index (κ3) is 3.21. The van der Waals surface area contributed by atoms with Gasteiger partial charge >= 0.3 is 6.03 Å². The van der Waals surface area contributed by atoms with Crippen LogP contribution in [-0.2, 0) is 0 Å². The third-order valence-corrected chi connectivity index (χ3v) is 5.14. The Kier molecular flexibility index (Phi) is 3.75. The number of rotatable bonds is 4. The average Bonchev–Trinajstić information content (AvgIpc) is 3.51. The number of nitrogens with one attached hydrogen (secondary N) is 1. The Hall–Kier alpha value is -1.98. The van der Waals surface area contributed by atoms with E-state index in [1.807, 2.05) is 4.90 Å². The van der Waals surface area contributed by atoms with Gasteiger partial charge in [0, 0.05) is 32.2 Å². The molecule has 124 valence electrons. The van der Waals surface area contributed by atoms with Gasteiger partial charge < -0.3 is 19.5 Å². The van der Waals surface area contributed by atoms with E-state index < -0.39 is 0 Å². The van der Waals surface area contributed by atoms with Gasteiger partial charge in [-0.2, -0.15) is 0 Å². The zero-order valence-corrected chi connectivity index (χ0v) is 13.2. The summed E-state index contributed by atoms with van der Waals surface area (Å²) < 4.78 is 5.16. The van der Waals surface area contributed by atoms with Crippen LogP contribution in [0.2, 0.25) is 0 Å². The highest BCUT2D eigenvalue weighted by Crippen LogP contribution is 2.44. The molecule has 6 heteroatoms. The van der Waals surface area contributed by atoms with Crippen molar-refractivity contribution in [3.63, 3.8) is 0 Å². The first-order valence-corrected chi connectivity index (χ1v) is 8.60. The van der Waals surface area contributed by atoms with E-state index in [0.29, 0.717) is 49.8 Å². The predicted octanol–water partition coefficient (Wildman–Crippen LogP) is 1.94. The van der Waals surface area contributed by atoms with Crippen molar-refractivity contribution in [1.82, 2.24) is 15.1 Å². The zero-order chi connectivity index (χ0) is 15.8. The number of hydrogen-bond donors (Lipinski definition) is 1. The summed E-state index contributed by atoms with van der Waals surface area (Å²) in [5, 5.41) is 3.25. The van der Waals surface area contributed by atoms with Gasteiger partial charge in [0.25, 0.3) is 5.91 Å². The maximum Gasteiger partial charge on any atom is 0.317 e. The monoisotopic (exact) mass is 317 g/mol. The van der Waals surface area contributed by atoms with Gasteiger partial charge in [0.15, 0.2) is 5.76 Å². The Morgan fingerprint density at radius 2 is 1.65 bits per heavy atom. The van der Waals surface area contributed by atoms with Crippen LogP contribution in [0.5, 0.6) is 0 Å². The van der Waals surface area contributed by atoms with Crippen LogP contribution in [0.15, 0.2) is 22.8 Å². The molecule has 1 aromatic heterocycles. The molecule has 2 saturated carbocycles. The second-order valence-electron chi connectivity index (χ2n) is 6.91. The summed E-state index contributed by atoms with van der Waals surface area (Å²) in [6.45, 7) is 2.29. The second kappa shape index (κ2) is 5.91. The normalized spacial score (nSPS) is 21.6. The molecule has 2 aliphatic carbocycles. The molecule has 3 aliphatic rings. The van der Waals surface area contributed by atoms with E-state index in [2.05, 4.69) is 5.32 Å². The van der Waals surface area contributed by atoms with Gasteiger partial charge in [-0.3, -0.25) is 4.79 Å². The highest BCUT2D eigenvalue weighted by Gasteiger charge is 2.42. The van der Waals surface area contributed by atoms with Crippen molar-refractivity contribution >= 4 is 11.9 Å². The van der Waals surface area contributed by atoms with Crippen molar-refractivity contribution in [2.45, 2.75) is 31.7 Å². The summed E-state index contributed by atoms with van der Waals surface area (Å²) in [5.74, 6) is 1.68. The number of urea groups is 1. The smallest absolute Gasteiger partial charge is 0.317 e. The molecule has 1 aromatic rings. The lowest BCUT2D eigenvalue weighted by Crippen LogP contribution is -2.55. The molecular formula is C17H23N3O3. The van der Waals surface area contributed by atoms with Crippen LogP contribution >= 0.6 is 0 Å². The number of piperazine rings is 1. The van der Waals surface area contributed by atoms with Crippen LogP contribution in [0.3, 0.4) is 0 Å². The number of furan rings is 1. The van der Waals surface area contributed by atoms with Gasteiger partial charge in [-0.15, -0.1) is 0 Å². The van der Waals surface area contributed by atoms with E-state index in [1.165, 1.54) is 31.9 Å². The van der Waals surface area contributed by atoms with Gasteiger partial charge in [-0.1, -0.05) is 0 Å². The molecule has 0 aromatic carbocycles. The fourth-order valence-electron chi connectivity index (χ4n) is 3.43. The second-order valence-corrected chi connectivity index (χ2v) is 6.91. The molecule has 1 aliphatic heterocycles. The molecule has 4 rings (SSSR count). The first-order chi connectivity index (χ1) is 11.2. The molecule has 3 fully saturated rings. The third-order valence-electron chi connectivity index (χ3n) is 5.14. The van der Waals surface area contributed by atoms with E-state index in [9.17, 15) is 9.59 Å². The van der Waals surface area contributed by atoms with Crippen molar-refractivity contribution in [1.29, 1.82) is 0 Å². The van der Waals surface area contributed by atoms with E-state index in [-0.39, 0.29) is 11.9 Å². The molecule has 23 heavy (non-hydrogen) atoms. The maximum atomic E-state index is 12.5. The molecule has 1 saturated heterocycles. The SMILES string of the molecule is O=C(NC(C1CC1)C1CC1)N1CCN(C(=O)c2ccco2)CC1. The lowest BCUT2D eigenvalue weighted by molar-refractivity contribution is 0.0631. The summed E-state index contributed by atoms with van der Waals surface area (Å²) in [4.78, 5) is 28.3.